The summed E-state index contributed by atoms with van der Waals surface area (Å²) < 4.78 is 1.96. The van der Waals surface area contributed by atoms with Gasteiger partial charge in [-0.2, -0.15) is 5.10 Å². The Morgan fingerprint density at radius 3 is 2.70 bits per heavy atom. The Morgan fingerprint density at radius 2 is 2.00 bits per heavy atom. The molecule has 0 aliphatic heterocycles. The van der Waals surface area contributed by atoms with E-state index in [0.29, 0.717) is 25.2 Å². The molecule has 142 valence electrons. The fourth-order valence-electron chi connectivity index (χ4n) is 3.09. The molecule has 6 nitrogen and oxygen atoms in total. The molecule has 27 heavy (non-hydrogen) atoms. The molecule has 0 bridgehead atoms. The number of carbonyl (C=O) groups excluding carboxylic acids is 1. The second-order valence-corrected chi connectivity index (χ2v) is 7.62. The van der Waals surface area contributed by atoms with Gasteiger partial charge in [0.1, 0.15) is 5.69 Å². The molecule has 1 aromatic carbocycles. The summed E-state index contributed by atoms with van der Waals surface area (Å²) in [6.45, 7) is 7.13. The third-order valence-electron chi connectivity index (χ3n) is 4.66. The minimum absolute atomic E-state index is 0.0861. The second-order valence-electron chi connectivity index (χ2n) is 6.67. The number of nitrogens with zero attached hydrogens (tertiary/aromatic N) is 4. The van der Waals surface area contributed by atoms with Crippen LogP contribution < -0.4 is 5.73 Å². The van der Waals surface area contributed by atoms with Crippen LogP contribution in [0.3, 0.4) is 0 Å². The largest absolute Gasteiger partial charge is 0.336 e. The molecule has 0 aliphatic rings. The number of rotatable bonds is 6. The summed E-state index contributed by atoms with van der Waals surface area (Å²) in [4.78, 5) is 18.8. The number of amides is 1. The molecule has 0 radical (unpaired) electrons. The number of carbonyl (C=O) groups is 1. The Balaban J connectivity index is 1.83. The van der Waals surface area contributed by atoms with Crippen LogP contribution in [0.25, 0.3) is 5.69 Å². The average molecular weight is 384 g/mol. The predicted octanol–water partition coefficient (Wildman–Crippen LogP) is 3.03. The van der Waals surface area contributed by atoms with Crippen molar-refractivity contribution in [2.45, 2.75) is 33.7 Å². The van der Waals surface area contributed by atoms with E-state index in [-0.39, 0.29) is 5.91 Å². The third-order valence-corrected chi connectivity index (χ3v) is 5.56. The lowest BCUT2D eigenvalue weighted by Crippen LogP contribution is -2.27. The third kappa shape index (κ3) is 3.94. The second kappa shape index (κ2) is 8.02. The molecule has 2 heterocycles. The maximum absolute atomic E-state index is 12.7. The monoisotopic (exact) mass is 383 g/mol. The lowest BCUT2D eigenvalue weighted by Gasteiger charge is -2.16. The maximum atomic E-state index is 12.7. The Kier molecular flexibility index (Phi) is 5.72. The van der Waals surface area contributed by atoms with E-state index in [9.17, 15) is 4.79 Å². The smallest absolute Gasteiger partial charge is 0.273 e. The van der Waals surface area contributed by atoms with Crippen molar-refractivity contribution in [2.75, 3.05) is 13.6 Å². The maximum Gasteiger partial charge on any atom is 0.273 e. The van der Waals surface area contributed by atoms with Crippen molar-refractivity contribution in [1.82, 2.24) is 19.7 Å². The Bertz CT molecular complexity index is 959. The van der Waals surface area contributed by atoms with Crippen molar-refractivity contribution in [3.8, 4) is 5.69 Å². The standard InChI is InChI=1S/C20H25N5OS/c1-13-7-5-6-8-18(13)25-15(3)16(14(2)23-25)11-24(4)20(26)17-12-27-19(22-17)9-10-21/h5-8,12H,9-11,21H2,1-4H3. The zero-order valence-electron chi connectivity index (χ0n) is 16.2. The minimum Gasteiger partial charge on any atom is -0.336 e. The number of aryl methyl sites for hydroxylation is 2. The van der Waals surface area contributed by atoms with Crippen molar-refractivity contribution in [1.29, 1.82) is 0 Å². The van der Waals surface area contributed by atoms with E-state index in [4.69, 9.17) is 10.8 Å². The van der Waals surface area contributed by atoms with Crippen LogP contribution in [0.15, 0.2) is 29.6 Å². The number of thiazole rings is 1. The number of hydrogen-bond donors (Lipinski definition) is 1. The van der Waals surface area contributed by atoms with Gasteiger partial charge in [0.25, 0.3) is 5.91 Å². The van der Waals surface area contributed by atoms with Crippen LogP contribution in [0, 0.1) is 20.8 Å². The number of para-hydroxylation sites is 1. The van der Waals surface area contributed by atoms with Crippen LogP contribution in [0.4, 0.5) is 0 Å². The van der Waals surface area contributed by atoms with Crippen molar-refractivity contribution < 1.29 is 4.79 Å². The zero-order chi connectivity index (χ0) is 19.6. The predicted molar refractivity (Wildman–Crippen MR) is 108 cm³/mol. The molecule has 0 aliphatic carbocycles. The summed E-state index contributed by atoms with van der Waals surface area (Å²) in [7, 11) is 1.80. The number of hydrogen-bond acceptors (Lipinski definition) is 5. The molecular formula is C20H25N5OS. The molecule has 1 amide bonds. The average Bonchev–Trinajstić information content (AvgIpc) is 3.22. The highest BCUT2D eigenvalue weighted by Gasteiger charge is 2.20. The molecule has 2 aromatic heterocycles. The fraction of sp³-hybridized carbons (Fsp3) is 0.350. The first-order valence-corrected chi connectivity index (χ1v) is 9.81. The van der Waals surface area contributed by atoms with Gasteiger partial charge in [-0.05, 0) is 38.9 Å². The van der Waals surface area contributed by atoms with Crippen LogP contribution in [-0.2, 0) is 13.0 Å². The Labute approximate surface area is 163 Å². The molecule has 3 aromatic rings. The first kappa shape index (κ1) is 19.3. The van der Waals surface area contributed by atoms with Crippen molar-refractivity contribution in [3.63, 3.8) is 0 Å². The number of aromatic nitrogens is 3. The van der Waals surface area contributed by atoms with Crippen molar-refractivity contribution in [2.24, 2.45) is 5.73 Å². The highest BCUT2D eigenvalue weighted by Crippen LogP contribution is 2.22. The van der Waals surface area contributed by atoms with Gasteiger partial charge in [0.2, 0.25) is 0 Å². The summed E-state index contributed by atoms with van der Waals surface area (Å²) in [5, 5.41) is 7.41. The molecule has 0 saturated carbocycles. The van der Waals surface area contributed by atoms with Gasteiger partial charge in [0, 0.05) is 36.7 Å². The fourth-order valence-corrected chi connectivity index (χ4v) is 3.88. The molecule has 2 N–H and O–H groups in total. The number of nitrogens with two attached hydrogens (primary N) is 1. The lowest BCUT2D eigenvalue weighted by atomic mass is 10.1. The summed E-state index contributed by atoms with van der Waals surface area (Å²) in [6.07, 6.45) is 0.697. The van der Waals surface area contributed by atoms with Gasteiger partial charge in [0.05, 0.1) is 16.4 Å². The highest BCUT2D eigenvalue weighted by molar-refractivity contribution is 7.09. The SMILES string of the molecule is Cc1ccccc1-n1nc(C)c(CN(C)C(=O)c2csc(CCN)n2)c1C. The summed E-state index contributed by atoms with van der Waals surface area (Å²) in [5.74, 6) is -0.0861. The van der Waals surface area contributed by atoms with Crippen molar-refractivity contribution in [3.05, 3.63) is 62.9 Å². The van der Waals surface area contributed by atoms with Crippen LogP contribution >= 0.6 is 11.3 Å². The summed E-state index contributed by atoms with van der Waals surface area (Å²) in [5.41, 5.74) is 11.3. The molecule has 0 saturated heterocycles. The van der Waals surface area contributed by atoms with Crippen molar-refractivity contribution >= 4 is 17.2 Å². The van der Waals surface area contributed by atoms with Crippen LogP contribution in [0.5, 0.6) is 0 Å². The van der Waals surface area contributed by atoms with E-state index in [2.05, 4.69) is 24.0 Å². The molecule has 0 unspecified atom stereocenters. The zero-order valence-corrected chi connectivity index (χ0v) is 17.0. The normalized spacial score (nSPS) is 11.0. The van der Waals surface area contributed by atoms with E-state index in [1.165, 1.54) is 11.3 Å². The highest BCUT2D eigenvalue weighted by atomic mass is 32.1. The minimum atomic E-state index is -0.0861. The quantitative estimate of drug-likeness (QED) is 0.710. The van der Waals surface area contributed by atoms with Crippen LogP contribution in [0.2, 0.25) is 0 Å². The van der Waals surface area contributed by atoms with Gasteiger partial charge in [-0.15, -0.1) is 11.3 Å². The molecule has 3 rings (SSSR count). The van der Waals surface area contributed by atoms with Crippen LogP contribution in [0.1, 0.15) is 38.0 Å². The number of benzene rings is 1. The van der Waals surface area contributed by atoms with Gasteiger partial charge in [-0.1, -0.05) is 18.2 Å². The molecule has 0 fully saturated rings. The first-order valence-electron chi connectivity index (χ1n) is 8.93. The summed E-state index contributed by atoms with van der Waals surface area (Å²) >= 11 is 1.48. The van der Waals surface area contributed by atoms with Gasteiger partial charge in [0.15, 0.2) is 0 Å². The topological polar surface area (TPSA) is 77.0 Å². The van der Waals surface area contributed by atoms with E-state index in [0.717, 1.165) is 33.2 Å². The Hall–Kier alpha value is -2.51. The first-order chi connectivity index (χ1) is 12.9. The van der Waals surface area contributed by atoms with E-state index in [1.54, 1.807) is 17.3 Å². The van der Waals surface area contributed by atoms with Gasteiger partial charge in [-0.25, -0.2) is 9.67 Å². The van der Waals surface area contributed by atoms with E-state index < -0.39 is 0 Å². The van der Waals surface area contributed by atoms with Crippen LogP contribution in [-0.4, -0.2) is 39.2 Å². The van der Waals surface area contributed by atoms with E-state index >= 15 is 0 Å². The molecular weight excluding hydrogens is 358 g/mol. The molecule has 7 heteroatoms. The summed E-state index contributed by atoms with van der Waals surface area (Å²) in [6, 6.07) is 8.16. The lowest BCUT2D eigenvalue weighted by molar-refractivity contribution is 0.0779. The molecule has 0 spiro atoms. The van der Waals surface area contributed by atoms with Gasteiger partial charge >= 0.3 is 0 Å². The van der Waals surface area contributed by atoms with Gasteiger partial charge in [-0.3, -0.25) is 4.79 Å². The Morgan fingerprint density at radius 1 is 1.26 bits per heavy atom. The van der Waals surface area contributed by atoms with E-state index in [1.807, 2.05) is 30.7 Å². The molecule has 0 atom stereocenters. The van der Waals surface area contributed by atoms with Gasteiger partial charge < -0.3 is 10.6 Å².